The Morgan fingerprint density at radius 3 is 1.94 bits per heavy atom. The summed E-state index contributed by atoms with van der Waals surface area (Å²) in [6.45, 7) is 0. The Hall–Kier alpha value is -1.43. The van der Waals surface area contributed by atoms with Crippen molar-refractivity contribution in [1.29, 1.82) is 5.26 Å². The molecular weight excluding hydrogens is 264 g/mol. The van der Waals surface area contributed by atoms with Gasteiger partial charge in [-0.1, -0.05) is 3.71 Å². The summed E-state index contributed by atoms with van der Waals surface area (Å²) < 4.78 is 46.3. The van der Waals surface area contributed by atoms with Crippen molar-refractivity contribution in [2.45, 2.75) is 4.90 Å². The van der Waals surface area contributed by atoms with E-state index in [4.69, 9.17) is 5.26 Å². The second kappa shape index (κ2) is 4.44. The molecule has 0 aromatic heterocycles. The Morgan fingerprint density at radius 2 is 1.59 bits per heavy atom. The van der Waals surface area contributed by atoms with Crippen molar-refractivity contribution in [2.75, 3.05) is 13.3 Å². The SMILES string of the molecule is CN(S(C)(=O)=O)S(=O)(=O)c1ccc(C#N)cc1. The highest BCUT2D eigenvalue weighted by Crippen LogP contribution is 2.16. The van der Waals surface area contributed by atoms with Gasteiger partial charge in [0, 0.05) is 7.05 Å². The van der Waals surface area contributed by atoms with Crippen LogP contribution in [0.1, 0.15) is 5.56 Å². The normalized spacial score (nSPS) is 12.4. The van der Waals surface area contributed by atoms with Gasteiger partial charge in [0.25, 0.3) is 10.0 Å². The van der Waals surface area contributed by atoms with Gasteiger partial charge < -0.3 is 0 Å². The van der Waals surface area contributed by atoms with Crippen LogP contribution in [0.2, 0.25) is 0 Å². The quantitative estimate of drug-likeness (QED) is 0.781. The fraction of sp³-hybridized carbons (Fsp3) is 0.222. The summed E-state index contributed by atoms with van der Waals surface area (Å²) in [5.74, 6) is 0. The van der Waals surface area contributed by atoms with Crippen LogP contribution in [0.4, 0.5) is 0 Å². The largest absolute Gasteiger partial charge is 0.255 e. The average molecular weight is 274 g/mol. The Bertz CT molecular complexity index is 654. The molecule has 0 unspecified atom stereocenters. The minimum atomic E-state index is -4.09. The van der Waals surface area contributed by atoms with Gasteiger partial charge in [-0.25, -0.2) is 16.8 Å². The summed E-state index contributed by atoms with van der Waals surface area (Å²) in [6, 6.07) is 6.84. The molecule has 1 rings (SSSR count). The van der Waals surface area contributed by atoms with Crippen molar-refractivity contribution in [3.63, 3.8) is 0 Å². The lowest BCUT2D eigenvalue weighted by molar-refractivity contribution is 0.530. The van der Waals surface area contributed by atoms with Crippen LogP contribution in [0, 0.1) is 11.3 Å². The fourth-order valence-electron chi connectivity index (χ4n) is 1.03. The number of nitrogens with zero attached hydrogens (tertiary/aromatic N) is 2. The van der Waals surface area contributed by atoms with E-state index in [9.17, 15) is 16.8 Å². The highest BCUT2D eigenvalue weighted by Gasteiger charge is 2.27. The maximum atomic E-state index is 11.8. The zero-order chi connectivity index (χ0) is 13.3. The van der Waals surface area contributed by atoms with Crippen LogP contribution in [-0.2, 0) is 20.0 Å². The molecule has 0 aliphatic rings. The van der Waals surface area contributed by atoms with Gasteiger partial charge in [-0.2, -0.15) is 5.26 Å². The summed E-state index contributed by atoms with van der Waals surface area (Å²) in [6.07, 6.45) is 0.800. The van der Waals surface area contributed by atoms with Gasteiger partial charge in [0.2, 0.25) is 10.0 Å². The van der Waals surface area contributed by atoms with E-state index in [1.54, 1.807) is 0 Å². The summed E-state index contributed by atoms with van der Waals surface area (Å²) in [5, 5.41) is 8.56. The summed E-state index contributed by atoms with van der Waals surface area (Å²) in [7, 11) is -6.97. The highest BCUT2D eigenvalue weighted by atomic mass is 32.3. The van der Waals surface area contributed by atoms with Crippen LogP contribution in [-0.4, -0.2) is 33.8 Å². The molecule has 92 valence electrons. The molecule has 0 saturated carbocycles. The van der Waals surface area contributed by atoms with Crippen molar-refractivity contribution < 1.29 is 16.8 Å². The first-order chi connectivity index (χ1) is 7.69. The van der Waals surface area contributed by atoms with Crippen LogP contribution in [0.3, 0.4) is 0 Å². The molecule has 0 radical (unpaired) electrons. The average Bonchev–Trinajstić information content (AvgIpc) is 2.27. The van der Waals surface area contributed by atoms with Gasteiger partial charge in [-0.15, -0.1) is 0 Å². The lowest BCUT2D eigenvalue weighted by Crippen LogP contribution is -2.32. The standard InChI is InChI=1S/C9H10N2O4S2/c1-11(16(2,12)13)17(14,15)9-5-3-8(7-10)4-6-9/h3-6H,1-2H3. The molecular formula is C9H10N2O4S2. The third kappa shape index (κ3) is 2.82. The van der Waals surface area contributed by atoms with Crippen LogP contribution < -0.4 is 0 Å². The number of sulfonamides is 2. The van der Waals surface area contributed by atoms with Gasteiger partial charge in [0.05, 0.1) is 22.8 Å². The van der Waals surface area contributed by atoms with E-state index in [1.165, 1.54) is 24.3 Å². The van der Waals surface area contributed by atoms with E-state index in [0.29, 0.717) is 9.27 Å². The van der Waals surface area contributed by atoms with Gasteiger partial charge in [-0.05, 0) is 24.3 Å². The van der Waals surface area contributed by atoms with E-state index < -0.39 is 20.0 Å². The summed E-state index contributed by atoms with van der Waals surface area (Å²) in [4.78, 5) is -0.176. The molecule has 1 aromatic rings. The molecule has 8 heteroatoms. The topological polar surface area (TPSA) is 95.3 Å². The van der Waals surface area contributed by atoms with E-state index in [-0.39, 0.29) is 4.90 Å². The van der Waals surface area contributed by atoms with Crippen molar-refractivity contribution in [3.05, 3.63) is 29.8 Å². The summed E-state index contributed by atoms with van der Waals surface area (Å²) in [5.41, 5.74) is 0.297. The smallest absolute Gasteiger partial charge is 0.212 e. The maximum absolute atomic E-state index is 11.8. The first kappa shape index (κ1) is 13.6. The molecule has 6 nitrogen and oxygen atoms in total. The van der Waals surface area contributed by atoms with Gasteiger partial charge >= 0.3 is 0 Å². The second-order valence-corrected chi connectivity index (χ2v) is 7.50. The molecule has 0 heterocycles. The predicted octanol–water partition coefficient (Wildman–Crippen LogP) is 0.138. The van der Waals surface area contributed by atoms with Crippen LogP contribution in [0.25, 0.3) is 0 Å². The molecule has 0 bridgehead atoms. The maximum Gasteiger partial charge on any atom is 0.255 e. The molecule has 17 heavy (non-hydrogen) atoms. The predicted molar refractivity (Wildman–Crippen MR) is 60.9 cm³/mol. The van der Waals surface area contributed by atoms with Crippen LogP contribution in [0.5, 0.6) is 0 Å². The highest BCUT2D eigenvalue weighted by molar-refractivity contribution is 8.03. The van der Waals surface area contributed by atoms with Gasteiger partial charge in [-0.3, -0.25) is 0 Å². The fourth-order valence-corrected chi connectivity index (χ4v) is 3.49. The van der Waals surface area contributed by atoms with Crippen LogP contribution >= 0.6 is 0 Å². The first-order valence-corrected chi connectivity index (χ1v) is 7.67. The first-order valence-electron chi connectivity index (χ1n) is 4.39. The third-order valence-electron chi connectivity index (χ3n) is 2.09. The van der Waals surface area contributed by atoms with Gasteiger partial charge in [0.15, 0.2) is 0 Å². The minimum Gasteiger partial charge on any atom is -0.212 e. The molecule has 0 aliphatic heterocycles. The monoisotopic (exact) mass is 274 g/mol. The Balaban J connectivity index is 3.28. The molecule has 0 fully saturated rings. The van der Waals surface area contributed by atoms with Crippen LogP contribution in [0.15, 0.2) is 29.2 Å². The van der Waals surface area contributed by atoms with E-state index in [0.717, 1.165) is 13.3 Å². The van der Waals surface area contributed by atoms with E-state index in [2.05, 4.69) is 0 Å². The Morgan fingerprint density at radius 1 is 1.12 bits per heavy atom. The molecule has 0 saturated heterocycles. The number of nitriles is 1. The molecule has 0 N–H and O–H groups in total. The lowest BCUT2D eigenvalue weighted by Gasteiger charge is -2.14. The van der Waals surface area contributed by atoms with Crippen molar-refractivity contribution in [1.82, 2.24) is 3.71 Å². The Labute approximate surface area is 100 Å². The molecule has 0 atom stereocenters. The number of hydrogen-bond donors (Lipinski definition) is 0. The summed E-state index contributed by atoms with van der Waals surface area (Å²) >= 11 is 0. The number of hydrogen-bond acceptors (Lipinski definition) is 5. The lowest BCUT2D eigenvalue weighted by atomic mass is 10.2. The second-order valence-electron chi connectivity index (χ2n) is 3.28. The number of benzene rings is 1. The third-order valence-corrected chi connectivity index (χ3v) is 5.97. The molecule has 1 aromatic carbocycles. The molecule has 0 amide bonds. The van der Waals surface area contributed by atoms with Crippen molar-refractivity contribution >= 4 is 20.0 Å². The molecule has 0 spiro atoms. The van der Waals surface area contributed by atoms with E-state index in [1.807, 2.05) is 6.07 Å². The van der Waals surface area contributed by atoms with E-state index >= 15 is 0 Å². The Kier molecular flexibility index (Phi) is 3.56. The zero-order valence-electron chi connectivity index (χ0n) is 9.15. The number of rotatable bonds is 3. The van der Waals surface area contributed by atoms with Crippen molar-refractivity contribution in [3.8, 4) is 6.07 Å². The minimum absolute atomic E-state index is 0.176. The molecule has 0 aliphatic carbocycles. The van der Waals surface area contributed by atoms with Crippen molar-refractivity contribution in [2.24, 2.45) is 0 Å². The van der Waals surface area contributed by atoms with Gasteiger partial charge in [0.1, 0.15) is 0 Å². The zero-order valence-corrected chi connectivity index (χ0v) is 10.8.